The van der Waals surface area contributed by atoms with E-state index < -0.39 is 24.1 Å². The molecule has 4 N–H and O–H groups in total. The monoisotopic (exact) mass is 493 g/mol. The average Bonchev–Trinajstić information content (AvgIpc) is 3.28. The van der Waals surface area contributed by atoms with Crippen LogP contribution < -0.4 is 21.3 Å². The van der Waals surface area contributed by atoms with Crippen LogP contribution in [0.1, 0.15) is 28.6 Å². The molecule has 186 valence electrons. The first-order chi connectivity index (χ1) is 17.4. The van der Waals surface area contributed by atoms with Crippen molar-refractivity contribution in [1.29, 1.82) is 0 Å². The van der Waals surface area contributed by atoms with Gasteiger partial charge in [0.05, 0.1) is 42.3 Å². The highest BCUT2D eigenvalue weighted by atomic mass is 19.1. The Labute approximate surface area is 205 Å². The van der Waals surface area contributed by atoms with E-state index in [1.807, 2.05) is 0 Å². The summed E-state index contributed by atoms with van der Waals surface area (Å²) in [7, 11) is 1.52. The Kier molecular flexibility index (Phi) is 6.34. The van der Waals surface area contributed by atoms with Crippen molar-refractivity contribution in [1.82, 2.24) is 25.7 Å². The molecule has 0 saturated carbocycles. The molecule has 12 heteroatoms. The van der Waals surface area contributed by atoms with Crippen molar-refractivity contribution >= 4 is 17.9 Å². The Morgan fingerprint density at radius 3 is 2.89 bits per heavy atom. The predicted octanol–water partition coefficient (Wildman–Crippen LogP) is 2.25. The number of nitrogens with one attached hydrogen (secondary N) is 2. The molecule has 4 heterocycles. The zero-order valence-electron chi connectivity index (χ0n) is 19.6. The lowest BCUT2D eigenvalue weighted by Gasteiger charge is -2.26. The molecule has 5 rings (SSSR count). The standard InChI is InChI=1S/C24H24FN7O4/c1-12-21-19(31-23(26)28-12)9-18(30-22(21)32-35-11-14-10-27-24(33)36-14)15-7-6-13(25)8-16(15)17-4-3-5-20(29-17)34-2/h3-8,14,18H,9-11H2,1-2H3,(H,27,33)(H,30,32)(H2,26,28,31)/t14-,18+/m0/s1. The van der Waals surface area contributed by atoms with Crippen LogP contribution in [-0.2, 0) is 16.0 Å². The molecule has 0 spiro atoms. The van der Waals surface area contributed by atoms with Crippen LogP contribution in [0.15, 0.2) is 41.4 Å². The molecule has 2 aliphatic rings. The molecular formula is C24H24FN7O4. The molecule has 0 unspecified atom stereocenters. The number of anilines is 1. The van der Waals surface area contributed by atoms with Crippen LogP contribution in [0, 0.1) is 12.7 Å². The Morgan fingerprint density at radius 2 is 2.11 bits per heavy atom. The molecule has 1 fully saturated rings. The number of rotatable bonds is 6. The molecule has 2 aromatic heterocycles. The highest BCUT2D eigenvalue weighted by Crippen LogP contribution is 2.36. The number of amides is 1. The number of ether oxygens (including phenoxy) is 2. The van der Waals surface area contributed by atoms with Gasteiger partial charge in [-0.15, -0.1) is 0 Å². The number of alkyl carbamates (subject to hydrolysis) is 1. The predicted molar refractivity (Wildman–Crippen MR) is 128 cm³/mol. The lowest BCUT2D eigenvalue weighted by Crippen LogP contribution is -2.34. The first-order valence-corrected chi connectivity index (χ1v) is 11.3. The van der Waals surface area contributed by atoms with Gasteiger partial charge in [-0.1, -0.05) is 12.1 Å². The minimum atomic E-state index is -0.487. The van der Waals surface area contributed by atoms with Gasteiger partial charge in [0.1, 0.15) is 18.5 Å². The third-order valence-electron chi connectivity index (χ3n) is 5.86. The molecule has 1 amide bonds. The van der Waals surface area contributed by atoms with Crippen LogP contribution in [0.3, 0.4) is 0 Å². The number of nitrogens with two attached hydrogens (primary N) is 1. The average molecular weight is 493 g/mol. The number of aromatic nitrogens is 3. The summed E-state index contributed by atoms with van der Waals surface area (Å²) in [6, 6.07) is 9.33. The number of fused-ring (bicyclic) bond motifs is 1. The number of nitrogen functional groups attached to an aromatic ring is 1. The van der Waals surface area contributed by atoms with Gasteiger partial charge >= 0.3 is 6.09 Å². The maximum absolute atomic E-state index is 14.3. The number of hydrogen-bond acceptors (Lipinski definition) is 10. The minimum Gasteiger partial charge on any atom is -0.481 e. The van der Waals surface area contributed by atoms with Crippen molar-refractivity contribution in [2.24, 2.45) is 4.99 Å². The van der Waals surface area contributed by atoms with Gasteiger partial charge in [-0.3, -0.25) is 9.83 Å². The number of methoxy groups -OCH3 is 1. The summed E-state index contributed by atoms with van der Waals surface area (Å²) < 4.78 is 24.7. The van der Waals surface area contributed by atoms with Gasteiger partial charge in [-0.25, -0.2) is 29.6 Å². The second-order valence-corrected chi connectivity index (χ2v) is 8.30. The summed E-state index contributed by atoms with van der Waals surface area (Å²) in [5, 5.41) is 2.57. The Bertz CT molecular complexity index is 1350. The number of amidine groups is 1. The van der Waals surface area contributed by atoms with Gasteiger partial charge < -0.3 is 20.5 Å². The van der Waals surface area contributed by atoms with Crippen molar-refractivity contribution < 1.29 is 23.5 Å². The van der Waals surface area contributed by atoms with E-state index in [1.54, 1.807) is 31.2 Å². The van der Waals surface area contributed by atoms with Crippen LogP contribution in [0.5, 0.6) is 5.88 Å². The number of aliphatic imine (C=N–C) groups is 1. The van der Waals surface area contributed by atoms with E-state index >= 15 is 0 Å². The van der Waals surface area contributed by atoms with Gasteiger partial charge in [-0.2, -0.15) is 0 Å². The summed E-state index contributed by atoms with van der Waals surface area (Å²) in [5.74, 6) is 0.548. The van der Waals surface area contributed by atoms with Gasteiger partial charge in [0.25, 0.3) is 0 Å². The molecule has 2 aliphatic heterocycles. The third-order valence-corrected chi connectivity index (χ3v) is 5.86. The maximum atomic E-state index is 14.3. The summed E-state index contributed by atoms with van der Waals surface area (Å²) in [6.45, 7) is 2.25. The fraction of sp³-hybridized carbons (Fsp3) is 0.292. The Hall–Kier alpha value is -4.32. The number of hydrogen-bond donors (Lipinski definition) is 3. The molecule has 1 saturated heterocycles. The lowest BCUT2D eigenvalue weighted by atomic mass is 9.91. The number of carbonyl (C=O) groups is 1. The SMILES string of the molecule is COc1cccc(-c2cc(F)ccc2[C@H]2Cc3nc(N)nc(C)c3C(NOC[C@@H]3CNC(=O)O3)=N2)n1. The first-order valence-electron chi connectivity index (χ1n) is 11.3. The molecular weight excluding hydrogens is 469 g/mol. The molecule has 0 radical (unpaired) electrons. The smallest absolute Gasteiger partial charge is 0.407 e. The van der Waals surface area contributed by atoms with Crippen molar-refractivity contribution in [3.63, 3.8) is 0 Å². The van der Waals surface area contributed by atoms with Crippen LogP contribution in [0.4, 0.5) is 15.1 Å². The lowest BCUT2D eigenvalue weighted by molar-refractivity contribution is 0.0172. The Morgan fingerprint density at radius 1 is 1.25 bits per heavy atom. The van der Waals surface area contributed by atoms with Crippen LogP contribution >= 0.6 is 0 Å². The van der Waals surface area contributed by atoms with Gasteiger partial charge in [0, 0.05) is 18.1 Å². The number of cyclic esters (lactones) is 1. The summed E-state index contributed by atoms with van der Waals surface area (Å²) in [5.41, 5.74) is 12.7. The molecule has 36 heavy (non-hydrogen) atoms. The zero-order valence-corrected chi connectivity index (χ0v) is 19.6. The largest absolute Gasteiger partial charge is 0.481 e. The number of pyridine rings is 1. The van der Waals surface area contributed by atoms with Crippen LogP contribution in [-0.4, -0.2) is 53.2 Å². The topological polar surface area (TPSA) is 146 Å². The van der Waals surface area contributed by atoms with E-state index in [0.29, 0.717) is 52.9 Å². The molecule has 0 bridgehead atoms. The maximum Gasteiger partial charge on any atom is 0.407 e. The number of nitrogens with zero attached hydrogens (tertiary/aromatic N) is 4. The van der Waals surface area contributed by atoms with E-state index in [1.165, 1.54) is 19.2 Å². The molecule has 3 aromatic rings. The normalized spacial score (nSPS) is 18.6. The number of aryl methyl sites for hydroxylation is 1. The third kappa shape index (κ3) is 4.75. The fourth-order valence-electron chi connectivity index (χ4n) is 4.26. The van der Waals surface area contributed by atoms with Gasteiger partial charge in [0.15, 0.2) is 5.84 Å². The highest BCUT2D eigenvalue weighted by molar-refractivity contribution is 6.01. The van der Waals surface area contributed by atoms with Crippen molar-refractivity contribution in [3.8, 4) is 17.1 Å². The molecule has 2 atom stereocenters. The number of halogens is 1. The number of benzene rings is 1. The molecule has 1 aromatic carbocycles. The van der Waals surface area contributed by atoms with Gasteiger partial charge in [0.2, 0.25) is 11.8 Å². The summed E-state index contributed by atoms with van der Waals surface area (Å²) in [6.07, 6.45) is -0.518. The van der Waals surface area contributed by atoms with Crippen LogP contribution in [0.2, 0.25) is 0 Å². The van der Waals surface area contributed by atoms with E-state index in [9.17, 15) is 9.18 Å². The Balaban J connectivity index is 1.51. The van der Waals surface area contributed by atoms with Gasteiger partial charge in [-0.05, 0) is 30.7 Å². The first kappa shape index (κ1) is 23.4. The summed E-state index contributed by atoms with van der Waals surface area (Å²) in [4.78, 5) is 35.0. The number of carbonyl (C=O) groups excluding carboxylic acids is 1. The van der Waals surface area contributed by atoms with E-state index in [-0.39, 0.29) is 12.6 Å². The van der Waals surface area contributed by atoms with Crippen molar-refractivity contribution in [2.75, 3.05) is 26.0 Å². The van der Waals surface area contributed by atoms with Crippen LogP contribution in [0.25, 0.3) is 11.3 Å². The fourth-order valence-corrected chi connectivity index (χ4v) is 4.26. The molecule has 0 aliphatic carbocycles. The van der Waals surface area contributed by atoms with Crippen molar-refractivity contribution in [3.05, 3.63) is 64.7 Å². The minimum absolute atomic E-state index is 0.0994. The highest BCUT2D eigenvalue weighted by Gasteiger charge is 2.29. The zero-order chi connectivity index (χ0) is 25.2. The van der Waals surface area contributed by atoms with E-state index in [2.05, 4.69) is 25.7 Å². The number of hydroxylamine groups is 1. The quantitative estimate of drug-likeness (QED) is 0.440. The summed E-state index contributed by atoms with van der Waals surface area (Å²) >= 11 is 0. The second kappa shape index (κ2) is 9.74. The van der Waals surface area contributed by atoms with E-state index in [0.717, 1.165) is 5.56 Å². The van der Waals surface area contributed by atoms with Crippen molar-refractivity contribution in [2.45, 2.75) is 25.5 Å². The van der Waals surface area contributed by atoms with E-state index in [4.69, 9.17) is 25.0 Å². The molecule has 11 nitrogen and oxygen atoms in total. The second-order valence-electron chi connectivity index (χ2n) is 8.30.